The van der Waals surface area contributed by atoms with Crippen molar-refractivity contribution in [2.45, 2.75) is 0 Å². The van der Waals surface area contributed by atoms with E-state index >= 15 is 0 Å². The maximum Gasteiger partial charge on any atom is 0.211 e. The smallest absolute Gasteiger partial charge is 0.211 e. The molecule has 1 N–H and O–H groups in total. The summed E-state index contributed by atoms with van der Waals surface area (Å²) in [5, 5.41) is 3.37. The van der Waals surface area contributed by atoms with E-state index in [9.17, 15) is 8.42 Å². The second-order valence-electron chi connectivity index (χ2n) is 6.56. The zero-order valence-corrected chi connectivity index (χ0v) is 15.7. The summed E-state index contributed by atoms with van der Waals surface area (Å²) in [5.74, 6) is 0.930. The van der Waals surface area contributed by atoms with E-state index in [1.165, 1.54) is 6.26 Å². The Balaban J connectivity index is 1.48. The first-order chi connectivity index (χ1) is 12.0. The van der Waals surface area contributed by atoms with Crippen LogP contribution in [0.25, 0.3) is 0 Å². The van der Waals surface area contributed by atoms with E-state index in [2.05, 4.69) is 27.2 Å². The molecule has 7 nitrogen and oxygen atoms in total. The first-order valence-electron chi connectivity index (χ1n) is 8.89. The summed E-state index contributed by atoms with van der Waals surface area (Å²) in [6.45, 7) is 8.06. The Bertz CT molecular complexity index is 654. The van der Waals surface area contributed by atoms with Crippen LogP contribution in [0, 0.1) is 0 Å². The molecule has 2 aliphatic rings. The van der Waals surface area contributed by atoms with Crippen LogP contribution >= 0.6 is 0 Å². The number of para-hydroxylation sites is 2. The van der Waals surface area contributed by atoms with Gasteiger partial charge in [-0.1, -0.05) is 12.1 Å². The Morgan fingerprint density at radius 1 is 1.04 bits per heavy atom. The Labute approximate surface area is 150 Å². The lowest BCUT2D eigenvalue weighted by Crippen LogP contribution is -2.49. The fourth-order valence-corrected chi connectivity index (χ4v) is 4.14. The minimum atomic E-state index is -3.07. The van der Waals surface area contributed by atoms with Gasteiger partial charge in [0.2, 0.25) is 10.0 Å². The Hall–Kier alpha value is -1.35. The van der Waals surface area contributed by atoms with Crippen LogP contribution in [0.1, 0.15) is 0 Å². The predicted octanol–water partition coefficient (Wildman–Crippen LogP) is 0.0522. The third kappa shape index (κ3) is 5.07. The van der Waals surface area contributed by atoms with Crippen molar-refractivity contribution in [2.75, 3.05) is 76.7 Å². The molecule has 8 heteroatoms. The number of hydrogen-bond donors (Lipinski definition) is 1. The SMILES string of the molecule is CS(=O)(=O)N1CCN(CCOc2ccccc2N2CCNCC2)CC1. The molecule has 25 heavy (non-hydrogen) atoms. The first-order valence-corrected chi connectivity index (χ1v) is 10.7. The molecule has 2 heterocycles. The van der Waals surface area contributed by atoms with Crippen LogP contribution in [0.15, 0.2) is 24.3 Å². The van der Waals surface area contributed by atoms with Crippen molar-refractivity contribution in [3.05, 3.63) is 24.3 Å². The summed E-state index contributed by atoms with van der Waals surface area (Å²) in [4.78, 5) is 4.62. The fraction of sp³-hybridized carbons (Fsp3) is 0.647. The summed E-state index contributed by atoms with van der Waals surface area (Å²) in [7, 11) is -3.07. The molecular weight excluding hydrogens is 340 g/mol. The molecular formula is C17H28N4O3S. The number of benzene rings is 1. The Morgan fingerprint density at radius 3 is 2.40 bits per heavy atom. The quantitative estimate of drug-likeness (QED) is 0.766. The summed E-state index contributed by atoms with van der Waals surface area (Å²) in [5.41, 5.74) is 1.16. The molecule has 0 amide bonds. The van der Waals surface area contributed by atoms with E-state index < -0.39 is 10.0 Å². The highest BCUT2D eigenvalue weighted by Crippen LogP contribution is 2.28. The highest BCUT2D eigenvalue weighted by Gasteiger charge is 2.23. The summed E-state index contributed by atoms with van der Waals surface area (Å²) in [6.07, 6.45) is 1.28. The van der Waals surface area contributed by atoms with Gasteiger partial charge in [-0.3, -0.25) is 4.90 Å². The zero-order chi connectivity index (χ0) is 17.7. The first kappa shape index (κ1) is 18.4. The standard InChI is InChI=1S/C17H28N4O3S/c1-25(22,23)21-12-10-19(11-13-21)14-15-24-17-5-3-2-4-16(17)20-8-6-18-7-9-20/h2-5,18H,6-15H2,1H3. The van der Waals surface area contributed by atoms with Gasteiger partial charge >= 0.3 is 0 Å². The van der Waals surface area contributed by atoms with Crippen molar-refractivity contribution < 1.29 is 13.2 Å². The van der Waals surface area contributed by atoms with Crippen molar-refractivity contribution >= 4 is 15.7 Å². The number of ether oxygens (including phenoxy) is 1. The van der Waals surface area contributed by atoms with Gasteiger partial charge in [-0.2, -0.15) is 4.31 Å². The maximum absolute atomic E-state index is 11.6. The van der Waals surface area contributed by atoms with Crippen molar-refractivity contribution in [3.8, 4) is 5.75 Å². The monoisotopic (exact) mass is 368 g/mol. The molecule has 3 rings (SSSR count). The van der Waals surface area contributed by atoms with E-state index in [-0.39, 0.29) is 0 Å². The van der Waals surface area contributed by atoms with Crippen LogP contribution in [0.4, 0.5) is 5.69 Å². The molecule has 140 valence electrons. The minimum absolute atomic E-state index is 0.566. The average molecular weight is 369 g/mol. The van der Waals surface area contributed by atoms with Gasteiger partial charge in [0, 0.05) is 58.9 Å². The van der Waals surface area contributed by atoms with Crippen molar-refractivity contribution in [1.29, 1.82) is 0 Å². The molecule has 0 bridgehead atoms. The zero-order valence-electron chi connectivity index (χ0n) is 14.9. The summed E-state index contributed by atoms with van der Waals surface area (Å²) in [6, 6.07) is 8.20. The number of piperazine rings is 2. The maximum atomic E-state index is 11.6. The van der Waals surface area contributed by atoms with Gasteiger partial charge < -0.3 is 15.0 Å². The molecule has 2 saturated heterocycles. The number of rotatable bonds is 6. The lowest BCUT2D eigenvalue weighted by atomic mass is 10.2. The number of nitrogens with one attached hydrogen (secondary N) is 1. The van der Waals surface area contributed by atoms with Gasteiger partial charge in [-0.15, -0.1) is 0 Å². The van der Waals surface area contributed by atoms with Gasteiger partial charge in [-0.05, 0) is 12.1 Å². The van der Waals surface area contributed by atoms with Gasteiger partial charge in [0.05, 0.1) is 11.9 Å². The molecule has 0 aromatic heterocycles. The largest absolute Gasteiger partial charge is 0.490 e. The lowest BCUT2D eigenvalue weighted by Gasteiger charge is -2.33. The minimum Gasteiger partial charge on any atom is -0.490 e. The molecule has 0 saturated carbocycles. The molecule has 1 aromatic carbocycles. The van der Waals surface area contributed by atoms with Crippen LogP contribution in [0.3, 0.4) is 0 Å². The van der Waals surface area contributed by atoms with Crippen molar-refractivity contribution in [3.63, 3.8) is 0 Å². The van der Waals surface area contributed by atoms with Gasteiger partial charge in [0.15, 0.2) is 0 Å². The highest BCUT2D eigenvalue weighted by molar-refractivity contribution is 7.88. The predicted molar refractivity (Wildman–Crippen MR) is 99.9 cm³/mol. The molecule has 1 aromatic rings. The molecule has 2 aliphatic heterocycles. The third-order valence-corrected chi connectivity index (χ3v) is 6.09. The van der Waals surface area contributed by atoms with E-state index in [0.29, 0.717) is 19.7 Å². The fourth-order valence-electron chi connectivity index (χ4n) is 3.32. The normalized spacial score (nSPS) is 20.6. The number of nitrogens with zero attached hydrogens (tertiary/aromatic N) is 3. The van der Waals surface area contributed by atoms with Crippen LogP contribution < -0.4 is 15.0 Å². The van der Waals surface area contributed by atoms with Crippen molar-refractivity contribution in [2.24, 2.45) is 0 Å². The topological polar surface area (TPSA) is 65.1 Å². The Morgan fingerprint density at radius 2 is 1.72 bits per heavy atom. The highest BCUT2D eigenvalue weighted by atomic mass is 32.2. The van der Waals surface area contributed by atoms with Crippen molar-refractivity contribution in [1.82, 2.24) is 14.5 Å². The second kappa shape index (κ2) is 8.35. The molecule has 0 atom stereocenters. The Kier molecular flexibility index (Phi) is 6.16. The van der Waals surface area contributed by atoms with Crippen LogP contribution in [0.5, 0.6) is 5.75 Å². The molecule has 0 radical (unpaired) electrons. The van der Waals surface area contributed by atoms with Gasteiger partial charge in [-0.25, -0.2) is 8.42 Å². The third-order valence-electron chi connectivity index (χ3n) is 4.79. The van der Waals surface area contributed by atoms with Crippen LogP contribution in [-0.4, -0.2) is 89.4 Å². The van der Waals surface area contributed by atoms with E-state index in [1.807, 2.05) is 12.1 Å². The van der Waals surface area contributed by atoms with E-state index in [1.54, 1.807) is 4.31 Å². The molecule has 0 aliphatic carbocycles. The lowest BCUT2D eigenvalue weighted by molar-refractivity contribution is 0.159. The number of anilines is 1. The molecule has 2 fully saturated rings. The summed E-state index contributed by atoms with van der Waals surface area (Å²) < 4.78 is 30.7. The van der Waals surface area contributed by atoms with E-state index in [4.69, 9.17) is 4.74 Å². The molecule has 0 unspecified atom stereocenters. The van der Waals surface area contributed by atoms with Gasteiger partial charge in [0.25, 0.3) is 0 Å². The number of hydrogen-bond acceptors (Lipinski definition) is 6. The number of sulfonamides is 1. The summed E-state index contributed by atoms with van der Waals surface area (Å²) >= 11 is 0. The second-order valence-corrected chi connectivity index (χ2v) is 8.54. The van der Waals surface area contributed by atoms with Gasteiger partial charge in [0.1, 0.15) is 12.4 Å². The van der Waals surface area contributed by atoms with Crippen LogP contribution in [0.2, 0.25) is 0 Å². The molecule has 0 spiro atoms. The van der Waals surface area contributed by atoms with Crippen LogP contribution in [-0.2, 0) is 10.0 Å². The average Bonchev–Trinajstić information content (AvgIpc) is 2.63. The van der Waals surface area contributed by atoms with E-state index in [0.717, 1.165) is 57.3 Å².